The van der Waals surface area contributed by atoms with E-state index in [2.05, 4.69) is 11.9 Å². The van der Waals surface area contributed by atoms with Crippen molar-refractivity contribution < 1.29 is 19.4 Å². The smallest absolute Gasteiger partial charge is 0.308 e. The van der Waals surface area contributed by atoms with E-state index in [9.17, 15) is 14.7 Å². The first kappa shape index (κ1) is 19.7. The van der Waals surface area contributed by atoms with Gasteiger partial charge in [-0.15, -0.1) is 6.58 Å². The molecule has 5 heteroatoms. The fraction of sp³-hybridized carbons (Fsp3) is 0.333. The minimum absolute atomic E-state index is 0.0620. The van der Waals surface area contributed by atoms with Gasteiger partial charge in [0.1, 0.15) is 6.10 Å². The molecule has 0 aliphatic rings. The van der Waals surface area contributed by atoms with Crippen molar-refractivity contribution in [2.24, 2.45) is 5.92 Å². The Labute approximate surface area is 153 Å². The number of fused-ring (bicyclic) bond motifs is 1. The van der Waals surface area contributed by atoms with Crippen molar-refractivity contribution >= 4 is 22.6 Å². The van der Waals surface area contributed by atoms with Gasteiger partial charge in [0.25, 0.3) is 0 Å². The second-order valence-electron chi connectivity index (χ2n) is 6.21. The predicted molar refractivity (Wildman–Crippen MR) is 102 cm³/mol. The molecule has 26 heavy (non-hydrogen) atoms. The van der Waals surface area contributed by atoms with Gasteiger partial charge < -0.3 is 15.2 Å². The molecule has 2 unspecified atom stereocenters. The maximum Gasteiger partial charge on any atom is 0.308 e. The lowest BCUT2D eigenvalue weighted by Crippen LogP contribution is -2.39. The van der Waals surface area contributed by atoms with E-state index in [1.54, 1.807) is 13.0 Å². The SMILES string of the molecule is C=CCCOC(C)C(=O)NCC(Cc1cccc2ccccc12)C(=O)O. The van der Waals surface area contributed by atoms with E-state index in [-0.39, 0.29) is 12.5 Å². The number of hydrogen-bond donors (Lipinski definition) is 2. The van der Waals surface area contributed by atoms with E-state index in [1.165, 1.54) is 0 Å². The molecule has 0 spiro atoms. The Balaban J connectivity index is 1.99. The highest BCUT2D eigenvalue weighted by atomic mass is 16.5. The van der Waals surface area contributed by atoms with Crippen molar-refractivity contribution in [3.8, 4) is 0 Å². The van der Waals surface area contributed by atoms with E-state index in [0.717, 1.165) is 16.3 Å². The van der Waals surface area contributed by atoms with Gasteiger partial charge in [0, 0.05) is 6.54 Å². The minimum atomic E-state index is -0.932. The predicted octanol–water partition coefficient (Wildman–Crippen LogP) is 3.18. The van der Waals surface area contributed by atoms with Gasteiger partial charge in [0.2, 0.25) is 5.91 Å². The lowest BCUT2D eigenvalue weighted by Gasteiger charge is -2.17. The summed E-state index contributed by atoms with van der Waals surface area (Å²) in [7, 11) is 0. The molecule has 1 amide bonds. The number of carbonyl (C=O) groups is 2. The highest BCUT2D eigenvalue weighted by Crippen LogP contribution is 2.21. The summed E-state index contributed by atoms with van der Waals surface area (Å²) in [6, 6.07) is 13.7. The number of nitrogens with one attached hydrogen (secondary N) is 1. The second-order valence-corrected chi connectivity index (χ2v) is 6.21. The quantitative estimate of drug-likeness (QED) is 0.507. The van der Waals surface area contributed by atoms with Crippen LogP contribution in [0.1, 0.15) is 18.9 Å². The van der Waals surface area contributed by atoms with Gasteiger partial charge in [-0.25, -0.2) is 0 Å². The van der Waals surface area contributed by atoms with Gasteiger partial charge >= 0.3 is 5.97 Å². The van der Waals surface area contributed by atoms with Crippen molar-refractivity contribution in [2.75, 3.05) is 13.2 Å². The van der Waals surface area contributed by atoms with Crippen LogP contribution in [0.2, 0.25) is 0 Å². The molecule has 0 saturated heterocycles. The van der Waals surface area contributed by atoms with E-state index >= 15 is 0 Å². The maximum absolute atomic E-state index is 12.1. The summed E-state index contributed by atoms with van der Waals surface area (Å²) in [6.07, 6.45) is 2.11. The monoisotopic (exact) mass is 355 g/mol. The first-order chi connectivity index (χ1) is 12.5. The number of aliphatic carboxylic acids is 1. The molecule has 0 bridgehead atoms. The fourth-order valence-corrected chi connectivity index (χ4v) is 2.75. The number of rotatable bonds is 10. The van der Waals surface area contributed by atoms with Gasteiger partial charge in [0.05, 0.1) is 12.5 Å². The molecule has 2 N–H and O–H groups in total. The second kappa shape index (κ2) is 9.73. The largest absolute Gasteiger partial charge is 0.481 e. The first-order valence-electron chi connectivity index (χ1n) is 8.72. The third-order valence-corrected chi connectivity index (χ3v) is 4.28. The van der Waals surface area contributed by atoms with Crippen LogP contribution in [0.3, 0.4) is 0 Å². The zero-order valence-electron chi connectivity index (χ0n) is 15.0. The number of hydrogen-bond acceptors (Lipinski definition) is 3. The number of ether oxygens (including phenoxy) is 1. The molecule has 0 fully saturated rings. The molecule has 2 aromatic carbocycles. The first-order valence-corrected chi connectivity index (χ1v) is 8.72. The summed E-state index contributed by atoms with van der Waals surface area (Å²) in [4.78, 5) is 23.7. The van der Waals surface area contributed by atoms with E-state index < -0.39 is 18.0 Å². The van der Waals surface area contributed by atoms with Crippen LogP contribution in [0, 0.1) is 5.92 Å². The van der Waals surface area contributed by atoms with Crippen molar-refractivity contribution in [3.63, 3.8) is 0 Å². The van der Waals surface area contributed by atoms with Crippen LogP contribution in [0.4, 0.5) is 0 Å². The summed E-state index contributed by atoms with van der Waals surface area (Å²) in [5, 5.41) is 14.3. The normalized spacial score (nSPS) is 13.1. The van der Waals surface area contributed by atoms with E-state index in [1.807, 2.05) is 42.5 Å². The van der Waals surface area contributed by atoms with Crippen molar-refractivity contribution in [1.29, 1.82) is 0 Å². The third-order valence-electron chi connectivity index (χ3n) is 4.28. The number of benzene rings is 2. The van der Waals surface area contributed by atoms with Crippen LogP contribution < -0.4 is 5.32 Å². The number of carbonyl (C=O) groups excluding carboxylic acids is 1. The maximum atomic E-state index is 12.1. The van der Waals surface area contributed by atoms with Crippen molar-refractivity contribution in [1.82, 2.24) is 5.32 Å². The van der Waals surface area contributed by atoms with Crippen molar-refractivity contribution in [3.05, 3.63) is 60.7 Å². The summed E-state index contributed by atoms with van der Waals surface area (Å²) in [5.41, 5.74) is 0.958. The van der Waals surface area contributed by atoms with Gasteiger partial charge in [-0.05, 0) is 36.1 Å². The standard InChI is InChI=1S/C21H25NO4/c1-3-4-12-26-15(2)20(23)22-14-18(21(24)25)13-17-10-7-9-16-8-5-6-11-19(16)17/h3,5-11,15,18H,1,4,12-14H2,2H3,(H,22,23)(H,24,25). The molecular weight excluding hydrogens is 330 g/mol. The average molecular weight is 355 g/mol. The molecular formula is C21H25NO4. The van der Waals surface area contributed by atoms with Crippen LogP contribution in [-0.4, -0.2) is 36.2 Å². The van der Waals surface area contributed by atoms with Crippen LogP contribution in [0.25, 0.3) is 10.8 Å². The average Bonchev–Trinajstić information content (AvgIpc) is 2.64. The molecule has 2 atom stereocenters. The number of amides is 1. The van der Waals surface area contributed by atoms with Gasteiger partial charge in [-0.1, -0.05) is 48.5 Å². The number of carboxylic acids is 1. The van der Waals surface area contributed by atoms with Crippen molar-refractivity contribution in [2.45, 2.75) is 25.9 Å². The molecule has 0 radical (unpaired) electrons. The summed E-state index contributed by atoms with van der Waals surface area (Å²) in [5.74, 6) is -1.94. The molecule has 0 heterocycles. The van der Waals surface area contributed by atoms with Crippen LogP contribution >= 0.6 is 0 Å². The van der Waals surface area contributed by atoms with E-state index in [4.69, 9.17) is 4.74 Å². The molecule has 2 aromatic rings. The summed E-state index contributed by atoms with van der Waals surface area (Å²) >= 11 is 0. The molecule has 0 aromatic heterocycles. The molecule has 0 aliphatic heterocycles. The lowest BCUT2D eigenvalue weighted by atomic mass is 9.95. The summed E-state index contributed by atoms with van der Waals surface area (Å²) in [6.45, 7) is 5.72. The molecule has 0 saturated carbocycles. The zero-order chi connectivity index (χ0) is 18.9. The highest BCUT2D eigenvalue weighted by Gasteiger charge is 2.21. The Morgan fingerprint density at radius 2 is 1.96 bits per heavy atom. The zero-order valence-corrected chi connectivity index (χ0v) is 15.0. The van der Waals surface area contributed by atoms with Crippen LogP contribution in [0.15, 0.2) is 55.1 Å². The Morgan fingerprint density at radius 1 is 1.23 bits per heavy atom. The third kappa shape index (κ3) is 5.43. The van der Waals surface area contributed by atoms with Crippen LogP contribution in [0.5, 0.6) is 0 Å². The molecule has 2 rings (SSSR count). The Bertz CT molecular complexity index is 766. The lowest BCUT2D eigenvalue weighted by molar-refractivity contribution is -0.142. The number of carboxylic acid groups (broad SMARTS) is 1. The Morgan fingerprint density at radius 3 is 2.69 bits per heavy atom. The van der Waals surface area contributed by atoms with Gasteiger partial charge in [0.15, 0.2) is 0 Å². The minimum Gasteiger partial charge on any atom is -0.481 e. The molecule has 5 nitrogen and oxygen atoms in total. The van der Waals surface area contributed by atoms with Gasteiger partial charge in [-0.3, -0.25) is 9.59 Å². The Kier molecular flexibility index (Phi) is 7.36. The topological polar surface area (TPSA) is 75.6 Å². The Hall–Kier alpha value is -2.66. The molecule has 138 valence electrons. The molecule has 0 aliphatic carbocycles. The fourth-order valence-electron chi connectivity index (χ4n) is 2.75. The summed E-state index contributed by atoms with van der Waals surface area (Å²) < 4.78 is 5.38. The van der Waals surface area contributed by atoms with E-state index in [0.29, 0.717) is 19.4 Å². The highest BCUT2D eigenvalue weighted by molar-refractivity contribution is 5.86. The van der Waals surface area contributed by atoms with Gasteiger partial charge in [-0.2, -0.15) is 0 Å². The van der Waals surface area contributed by atoms with Crippen LogP contribution in [-0.2, 0) is 20.7 Å².